The molecule has 2 heteroatoms. The number of aliphatic hydroxyl groups is 1. The van der Waals surface area contributed by atoms with Gasteiger partial charge in [-0.05, 0) is 23.1 Å². The van der Waals surface area contributed by atoms with Crippen LogP contribution in [-0.2, 0) is 0 Å². The van der Waals surface area contributed by atoms with Gasteiger partial charge >= 0.3 is 0 Å². The molecule has 1 aromatic carbocycles. The van der Waals surface area contributed by atoms with Gasteiger partial charge in [0, 0.05) is 0 Å². The lowest BCUT2D eigenvalue weighted by atomic mass is 9.84. The van der Waals surface area contributed by atoms with E-state index in [4.69, 9.17) is 5.26 Å². The van der Waals surface area contributed by atoms with Gasteiger partial charge in [0.2, 0.25) is 0 Å². The molecule has 0 bridgehead atoms. The second-order valence-electron chi connectivity index (χ2n) is 4.51. The summed E-state index contributed by atoms with van der Waals surface area (Å²) in [5.74, 6) is 0. The van der Waals surface area contributed by atoms with Crippen molar-refractivity contribution in [2.45, 2.75) is 26.9 Å². The lowest BCUT2D eigenvalue weighted by Gasteiger charge is -2.26. The Morgan fingerprint density at radius 3 is 2.50 bits per heavy atom. The number of rotatable bonds is 1. The molecule has 0 aromatic heterocycles. The number of hydrogen-bond acceptors (Lipinski definition) is 2. The van der Waals surface area contributed by atoms with E-state index in [2.05, 4.69) is 6.07 Å². The quantitative estimate of drug-likeness (QED) is 0.738. The topological polar surface area (TPSA) is 44.0 Å². The number of hydrogen-bond donors (Lipinski definition) is 1. The zero-order valence-corrected chi connectivity index (χ0v) is 8.78. The fourth-order valence-corrected chi connectivity index (χ4v) is 1.28. The van der Waals surface area contributed by atoms with Crippen molar-refractivity contribution < 1.29 is 5.11 Å². The first-order chi connectivity index (χ1) is 6.45. The van der Waals surface area contributed by atoms with E-state index >= 15 is 0 Å². The van der Waals surface area contributed by atoms with Crippen LogP contribution < -0.4 is 0 Å². The molecule has 1 aromatic rings. The third-order valence-corrected chi connectivity index (χ3v) is 2.15. The average Bonchev–Trinajstić information content (AvgIpc) is 2.15. The smallest absolute Gasteiger partial charge is 0.0991 e. The van der Waals surface area contributed by atoms with Crippen LogP contribution >= 0.6 is 0 Å². The molecule has 1 N–H and O–H groups in total. The van der Waals surface area contributed by atoms with Gasteiger partial charge in [0.15, 0.2) is 0 Å². The fraction of sp³-hybridized carbons (Fsp3) is 0.417. The van der Waals surface area contributed by atoms with Crippen LogP contribution in [0.15, 0.2) is 24.3 Å². The molecule has 0 saturated heterocycles. The van der Waals surface area contributed by atoms with Gasteiger partial charge in [0.1, 0.15) is 0 Å². The van der Waals surface area contributed by atoms with Gasteiger partial charge in [0.05, 0.1) is 17.7 Å². The summed E-state index contributed by atoms with van der Waals surface area (Å²) in [5.41, 5.74) is 1.19. The molecule has 0 saturated carbocycles. The first-order valence-electron chi connectivity index (χ1n) is 4.63. The van der Waals surface area contributed by atoms with E-state index in [1.165, 1.54) is 0 Å². The second-order valence-corrected chi connectivity index (χ2v) is 4.51. The van der Waals surface area contributed by atoms with Gasteiger partial charge in [-0.15, -0.1) is 0 Å². The third kappa shape index (κ3) is 2.34. The maximum absolute atomic E-state index is 9.97. The Balaban J connectivity index is 3.03. The minimum atomic E-state index is -0.532. The average molecular weight is 189 g/mol. The molecule has 14 heavy (non-hydrogen) atoms. The Hall–Kier alpha value is -1.33. The number of nitriles is 1. The van der Waals surface area contributed by atoms with Crippen LogP contribution in [0, 0.1) is 16.7 Å². The Morgan fingerprint density at radius 2 is 2.00 bits per heavy atom. The number of nitrogens with zero attached hydrogens (tertiary/aromatic N) is 1. The van der Waals surface area contributed by atoms with Crippen molar-refractivity contribution >= 4 is 0 Å². The molecule has 0 heterocycles. The molecule has 0 aliphatic carbocycles. The summed E-state index contributed by atoms with van der Waals surface area (Å²) in [4.78, 5) is 0. The molecule has 0 unspecified atom stereocenters. The highest BCUT2D eigenvalue weighted by molar-refractivity contribution is 5.34. The van der Waals surface area contributed by atoms with Gasteiger partial charge in [-0.1, -0.05) is 32.9 Å². The predicted molar refractivity (Wildman–Crippen MR) is 55.6 cm³/mol. The highest BCUT2D eigenvalue weighted by Gasteiger charge is 2.23. The highest BCUT2D eigenvalue weighted by Crippen LogP contribution is 2.32. The van der Waals surface area contributed by atoms with E-state index in [0.29, 0.717) is 5.56 Å². The van der Waals surface area contributed by atoms with Gasteiger partial charge in [-0.3, -0.25) is 0 Å². The lowest BCUT2D eigenvalue weighted by Crippen LogP contribution is -2.17. The predicted octanol–water partition coefficient (Wildman–Crippen LogP) is 2.64. The van der Waals surface area contributed by atoms with Gasteiger partial charge in [-0.25, -0.2) is 0 Å². The molecule has 1 rings (SSSR count). The Kier molecular flexibility index (Phi) is 2.93. The standard InChI is InChI=1S/C12H15NO/c1-12(2,3)11(14)10-6-4-5-9(7-10)8-13/h4-7,11,14H,1-3H3/t11-/m1/s1. The summed E-state index contributed by atoms with van der Waals surface area (Å²) in [7, 11) is 0. The summed E-state index contributed by atoms with van der Waals surface area (Å²) in [6.45, 7) is 5.91. The maximum Gasteiger partial charge on any atom is 0.0991 e. The van der Waals surface area contributed by atoms with Crippen molar-refractivity contribution in [2.24, 2.45) is 5.41 Å². The summed E-state index contributed by atoms with van der Waals surface area (Å²) in [6, 6.07) is 9.17. The largest absolute Gasteiger partial charge is 0.388 e. The van der Waals surface area contributed by atoms with E-state index in [1.54, 1.807) is 18.2 Å². The summed E-state index contributed by atoms with van der Waals surface area (Å²) in [5, 5.41) is 18.7. The number of benzene rings is 1. The molecule has 0 radical (unpaired) electrons. The van der Waals surface area contributed by atoms with Crippen LogP contribution in [0.2, 0.25) is 0 Å². The minimum Gasteiger partial charge on any atom is -0.388 e. The molecule has 0 aliphatic heterocycles. The molecule has 74 valence electrons. The molecule has 0 spiro atoms. The van der Waals surface area contributed by atoms with Crippen molar-refractivity contribution in [3.05, 3.63) is 35.4 Å². The van der Waals surface area contributed by atoms with Gasteiger partial charge < -0.3 is 5.11 Å². The first-order valence-corrected chi connectivity index (χ1v) is 4.63. The van der Waals surface area contributed by atoms with Gasteiger partial charge in [-0.2, -0.15) is 5.26 Å². The summed E-state index contributed by atoms with van der Waals surface area (Å²) in [6.07, 6.45) is -0.532. The van der Waals surface area contributed by atoms with Crippen LogP contribution in [-0.4, -0.2) is 5.11 Å². The summed E-state index contributed by atoms with van der Waals surface area (Å²) < 4.78 is 0. The first kappa shape index (κ1) is 10.7. The molecular formula is C12H15NO. The minimum absolute atomic E-state index is 0.200. The van der Waals surface area contributed by atoms with Crippen molar-refractivity contribution in [2.75, 3.05) is 0 Å². The molecule has 0 amide bonds. The van der Waals surface area contributed by atoms with E-state index < -0.39 is 6.10 Å². The molecule has 0 aliphatic rings. The highest BCUT2D eigenvalue weighted by atomic mass is 16.3. The Morgan fingerprint density at radius 1 is 1.36 bits per heavy atom. The van der Waals surface area contributed by atoms with Crippen molar-refractivity contribution in [3.63, 3.8) is 0 Å². The Labute approximate surface area is 84.8 Å². The van der Waals surface area contributed by atoms with Crippen molar-refractivity contribution in [1.29, 1.82) is 5.26 Å². The van der Waals surface area contributed by atoms with E-state index in [9.17, 15) is 5.11 Å². The molecule has 1 atom stereocenters. The Bertz CT molecular complexity index is 357. The normalized spacial score (nSPS) is 13.4. The zero-order chi connectivity index (χ0) is 10.8. The maximum atomic E-state index is 9.97. The molecular weight excluding hydrogens is 174 g/mol. The van der Waals surface area contributed by atoms with Crippen LogP contribution in [0.25, 0.3) is 0 Å². The van der Waals surface area contributed by atoms with Crippen molar-refractivity contribution in [3.8, 4) is 6.07 Å². The lowest BCUT2D eigenvalue weighted by molar-refractivity contribution is 0.0626. The van der Waals surface area contributed by atoms with E-state index in [0.717, 1.165) is 5.56 Å². The number of aliphatic hydroxyl groups excluding tert-OH is 1. The van der Waals surface area contributed by atoms with Crippen LogP contribution in [0.5, 0.6) is 0 Å². The SMILES string of the molecule is CC(C)(C)[C@H](O)c1cccc(C#N)c1. The third-order valence-electron chi connectivity index (χ3n) is 2.15. The van der Waals surface area contributed by atoms with Gasteiger partial charge in [0.25, 0.3) is 0 Å². The van der Waals surface area contributed by atoms with Crippen molar-refractivity contribution in [1.82, 2.24) is 0 Å². The molecule has 2 nitrogen and oxygen atoms in total. The van der Waals surface area contributed by atoms with Crippen LogP contribution in [0.4, 0.5) is 0 Å². The molecule has 0 fully saturated rings. The van der Waals surface area contributed by atoms with Crippen LogP contribution in [0.1, 0.15) is 38.0 Å². The zero-order valence-electron chi connectivity index (χ0n) is 8.78. The monoisotopic (exact) mass is 189 g/mol. The second kappa shape index (κ2) is 3.81. The summed E-state index contributed by atoms with van der Waals surface area (Å²) >= 11 is 0. The van der Waals surface area contributed by atoms with E-state index in [-0.39, 0.29) is 5.41 Å². The fourth-order valence-electron chi connectivity index (χ4n) is 1.28. The van der Waals surface area contributed by atoms with E-state index in [1.807, 2.05) is 26.8 Å². The van der Waals surface area contributed by atoms with Crippen LogP contribution in [0.3, 0.4) is 0 Å².